The van der Waals surface area contributed by atoms with E-state index in [1.165, 1.54) is 0 Å². The molecule has 0 saturated carbocycles. The third-order valence-electron chi connectivity index (χ3n) is 7.05. The highest BCUT2D eigenvalue weighted by Gasteiger charge is 2.53. The van der Waals surface area contributed by atoms with Gasteiger partial charge in [0.2, 0.25) is 5.91 Å². The fraction of sp³-hybridized carbons (Fsp3) is 0.152. The minimum absolute atomic E-state index is 0.104. The van der Waals surface area contributed by atoms with E-state index >= 15 is 0 Å². The number of nitrogens with zero attached hydrogens (tertiary/aromatic N) is 2. The van der Waals surface area contributed by atoms with Crippen molar-refractivity contribution in [3.05, 3.63) is 143 Å². The zero-order chi connectivity index (χ0) is 25.8. The highest BCUT2D eigenvalue weighted by Crippen LogP contribution is 2.41. The van der Waals surface area contributed by atoms with Gasteiger partial charge in [0.15, 0.2) is 11.4 Å². The van der Waals surface area contributed by atoms with E-state index in [9.17, 15) is 9.90 Å². The number of carbonyl (C=O) groups is 1. The zero-order valence-electron chi connectivity index (χ0n) is 20.7. The maximum Gasteiger partial charge on any atom is 0.231 e. The van der Waals surface area contributed by atoms with E-state index in [0.717, 1.165) is 22.3 Å². The molecule has 0 aromatic heterocycles. The van der Waals surface area contributed by atoms with Crippen LogP contribution in [0.1, 0.15) is 23.6 Å². The molecule has 37 heavy (non-hydrogen) atoms. The predicted molar refractivity (Wildman–Crippen MR) is 147 cm³/mol. The lowest BCUT2D eigenvalue weighted by atomic mass is 9.79. The molecule has 0 bridgehead atoms. The third kappa shape index (κ3) is 4.95. The van der Waals surface area contributed by atoms with Gasteiger partial charge in [0.1, 0.15) is 0 Å². The van der Waals surface area contributed by atoms with E-state index in [4.69, 9.17) is 6.57 Å². The summed E-state index contributed by atoms with van der Waals surface area (Å²) in [7, 11) is 0. The largest absolute Gasteiger partial charge is 0.367 e. The Balaban J connectivity index is 1.44. The molecule has 3 atom stereocenters. The number of amides is 1. The van der Waals surface area contributed by atoms with Crippen LogP contribution in [0.3, 0.4) is 0 Å². The number of aliphatic hydroxyl groups is 1. The first-order valence-corrected chi connectivity index (χ1v) is 12.4. The maximum absolute atomic E-state index is 13.5. The molecule has 5 rings (SSSR count). The van der Waals surface area contributed by atoms with Gasteiger partial charge in [-0.2, -0.15) is 0 Å². The van der Waals surface area contributed by atoms with E-state index in [-0.39, 0.29) is 17.9 Å². The van der Waals surface area contributed by atoms with Gasteiger partial charge >= 0.3 is 0 Å². The Morgan fingerprint density at radius 1 is 0.892 bits per heavy atom. The number of rotatable bonds is 7. The first-order chi connectivity index (χ1) is 18.0. The molecular weight excluding hydrogens is 456 g/mol. The van der Waals surface area contributed by atoms with Crippen LogP contribution in [0.15, 0.2) is 115 Å². The molecule has 2 unspecified atom stereocenters. The summed E-state index contributed by atoms with van der Waals surface area (Å²) in [5.74, 6) is -0.427. The molecule has 4 aromatic carbocycles. The van der Waals surface area contributed by atoms with Crippen molar-refractivity contribution in [2.45, 2.75) is 25.1 Å². The second kappa shape index (κ2) is 10.3. The van der Waals surface area contributed by atoms with Crippen molar-refractivity contribution < 1.29 is 9.90 Å². The Bertz CT molecular complexity index is 1450. The molecule has 1 amide bonds. The topological polar surface area (TPSA) is 44.9 Å². The molecule has 182 valence electrons. The molecule has 0 spiro atoms. The van der Waals surface area contributed by atoms with Crippen LogP contribution in [-0.4, -0.2) is 22.0 Å². The Morgan fingerprint density at radius 2 is 1.54 bits per heavy atom. The van der Waals surface area contributed by atoms with E-state index < -0.39 is 5.72 Å². The summed E-state index contributed by atoms with van der Waals surface area (Å²) in [4.78, 5) is 18.6. The van der Waals surface area contributed by atoms with Gasteiger partial charge in [0.25, 0.3) is 0 Å². The number of likely N-dealkylation sites (tertiary alicyclic amines) is 1. The van der Waals surface area contributed by atoms with Crippen molar-refractivity contribution in [3.63, 3.8) is 0 Å². The molecule has 4 aromatic rings. The van der Waals surface area contributed by atoms with Crippen LogP contribution >= 0.6 is 0 Å². The summed E-state index contributed by atoms with van der Waals surface area (Å²) in [6.45, 7) is 8.99. The van der Waals surface area contributed by atoms with Crippen molar-refractivity contribution >= 4 is 17.7 Å². The summed E-state index contributed by atoms with van der Waals surface area (Å²) in [5.41, 5.74) is 3.86. The normalized spacial score (nSPS) is 18.7. The minimum atomic E-state index is -1.48. The average Bonchev–Trinajstić information content (AvgIpc) is 2.95. The zero-order valence-corrected chi connectivity index (χ0v) is 20.7. The quantitative estimate of drug-likeness (QED) is 0.230. The van der Waals surface area contributed by atoms with Gasteiger partial charge in [-0.25, -0.2) is 4.85 Å². The monoisotopic (exact) mass is 484 g/mol. The Morgan fingerprint density at radius 3 is 2.22 bits per heavy atom. The smallest absolute Gasteiger partial charge is 0.231 e. The molecule has 1 aliphatic heterocycles. The van der Waals surface area contributed by atoms with Crippen molar-refractivity contribution in [2.24, 2.45) is 5.92 Å². The summed E-state index contributed by atoms with van der Waals surface area (Å²) in [5, 5.41) is 11.7. The lowest BCUT2D eigenvalue weighted by Crippen LogP contribution is -2.67. The van der Waals surface area contributed by atoms with Gasteiger partial charge in [-0.15, -0.1) is 0 Å². The molecule has 4 nitrogen and oxygen atoms in total. The van der Waals surface area contributed by atoms with Gasteiger partial charge in [-0.05, 0) is 30.0 Å². The molecule has 0 aliphatic carbocycles. The molecular formula is C33H28N2O2. The number of β-lactam (4-membered cyclic amide) rings is 1. The second-order valence-corrected chi connectivity index (χ2v) is 9.53. The standard InChI is InChI=1S/C33H28N2O2/c1-33(37,28-19-17-27(18-20-28)26-13-7-4-8-14-26)35-31(21-16-24-10-5-3-6-11-24)30(32(35)36)23-25-12-9-15-29(22-25)34-2/h3-22,30-31,37H,23H2,1H3/b21-16+/t30-,31?,33?/m1/s1. The third-order valence-corrected chi connectivity index (χ3v) is 7.05. The fourth-order valence-electron chi connectivity index (χ4n) is 5.03. The number of benzene rings is 4. The van der Waals surface area contributed by atoms with Gasteiger partial charge in [-0.3, -0.25) is 4.79 Å². The average molecular weight is 485 g/mol. The molecule has 1 saturated heterocycles. The summed E-state index contributed by atoms with van der Waals surface area (Å²) in [6, 6.07) is 34.8. The second-order valence-electron chi connectivity index (χ2n) is 9.53. The summed E-state index contributed by atoms with van der Waals surface area (Å²) >= 11 is 0. The van der Waals surface area contributed by atoms with Crippen LogP contribution in [0.5, 0.6) is 0 Å². The van der Waals surface area contributed by atoms with Crippen LogP contribution in [0.25, 0.3) is 22.0 Å². The highest BCUT2D eigenvalue weighted by atomic mass is 16.3. The lowest BCUT2D eigenvalue weighted by molar-refractivity contribution is -0.195. The van der Waals surface area contributed by atoms with E-state index in [0.29, 0.717) is 17.7 Å². The van der Waals surface area contributed by atoms with E-state index in [1.807, 2.05) is 115 Å². The SMILES string of the molecule is [C-]#[N+]c1cccc(C[C@H]2C(=O)N(C(C)(O)c3ccc(-c4ccccc4)cc3)C2/C=C/c2ccccc2)c1. The Kier molecular flexibility index (Phi) is 6.72. The fourth-order valence-corrected chi connectivity index (χ4v) is 5.03. The molecule has 1 fully saturated rings. The van der Waals surface area contributed by atoms with Crippen LogP contribution in [-0.2, 0) is 16.9 Å². The molecule has 1 aliphatic rings. The van der Waals surface area contributed by atoms with E-state index in [2.05, 4.69) is 4.85 Å². The molecule has 4 heteroatoms. The first-order valence-electron chi connectivity index (χ1n) is 12.4. The molecule has 1 heterocycles. The van der Waals surface area contributed by atoms with Crippen molar-refractivity contribution in [1.82, 2.24) is 4.90 Å². The Labute approximate surface area is 218 Å². The van der Waals surface area contributed by atoms with E-state index in [1.54, 1.807) is 17.9 Å². The lowest BCUT2D eigenvalue weighted by Gasteiger charge is -2.53. The van der Waals surface area contributed by atoms with Crippen LogP contribution < -0.4 is 0 Å². The van der Waals surface area contributed by atoms with Crippen LogP contribution in [0, 0.1) is 12.5 Å². The van der Waals surface area contributed by atoms with Gasteiger partial charge in [-0.1, -0.05) is 127 Å². The van der Waals surface area contributed by atoms with Crippen molar-refractivity contribution in [1.29, 1.82) is 0 Å². The number of hydrogen-bond acceptors (Lipinski definition) is 2. The highest BCUT2D eigenvalue weighted by molar-refractivity contribution is 5.88. The van der Waals surface area contributed by atoms with Gasteiger partial charge in [0.05, 0.1) is 18.5 Å². The van der Waals surface area contributed by atoms with Crippen LogP contribution in [0.2, 0.25) is 0 Å². The molecule has 1 N–H and O–H groups in total. The predicted octanol–water partition coefficient (Wildman–Crippen LogP) is 6.85. The van der Waals surface area contributed by atoms with Gasteiger partial charge in [0, 0.05) is 5.56 Å². The van der Waals surface area contributed by atoms with Gasteiger partial charge < -0.3 is 10.0 Å². The minimum Gasteiger partial charge on any atom is -0.367 e. The van der Waals surface area contributed by atoms with Crippen molar-refractivity contribution in [3.8, 4) is 11.1 Å². The number of hydrogen-bond donors (Lipinski definition) is 1. The molecule has 0 radical (unpaired) electrons. The maximum atomic E-state index is 13.5. The van der Waals surface area contributed by atoms with Crippen molar-refractivity contribution in [2.75, 3.05) is 0 Å². The first kappa shape index (κ1) is 24.2. The van der Waals surface area contributed by atoms with Crippen LogP contribution in [0.4, 0.5) is 5.69 Å². The number of carbonyl (C=O) groups excluding carboxylic acids is 1. The Hall–Kier alpha value is -4.46. The summed E-state index contributed by atoms with van der Waals surface area (Å²) in [6.07, 6.45) is 4.51. The summed E-state index contributed by atoms with van der Waals surface area (Å²) < 4.78 is 0.